The Kier molecular flexibility index (Phi) is 3.31. The molecule has 1 aliphatic heterocycles. The first-order valence-electron chi connectivity index (χ1n) is 6.45. The van der Waals surface area contributed by atoms with E-state index in [0.29, 0.717) is 25.5 Å². The number of aromatic nitrogens is 3. The van der Waals surface area contributed by atoms with E-state index in [0.717, 1.165) is 11.1 Å². The summed E-state index contributed by atoms with van der Waals surface area (Å²) in [5.74, 6) is 0.729. The van der Waals surface area contributed by atoms with E-state index in [-0.39, 0.29) is 5.75 Å². The van der Waals surface area contributed by atoms with Crippen molar-refractivity contribution in [3.63, 3.8) is 0 Å². The van der Waals surface area contributed by atoms with Crippen LogP contribution in [0.25, 0.3) is 0 Å². The van der Waals surface area contributed by atoms with E-state index in [9.17, 15) is 8.42 Å². The van der Waals surface area contributed by atoms with Gasteiger partial charge in [-0.2, -0.15) is 4.31 Å². The van der Waals surface area contributed by atoms with Crippen LogP contribution in [0.5, 0.6) is 0 Å². The van der Waals surface area contributed by atoms with Gasteiger partial charge in [0.05, 0.1) is 12.3 Å². The summed E-state index contributed by atoms with van der Waals surface area (Å²) in [5, 5.41) is 7.76. The summed E-state index contributed by atoms with van der Waals surface area (Å²) < 4.78 is 28.3. The molecular weight excluding hydrogens is 276 g/mol. The van der Waals surface area contributed by atoms with Gasteiger partial charge in [-0.05, 0) is 12.5 Å². The zero-order valence-electron chi connectivity index (χ0n) is 11.2. The number of aryl methyl sites for hydroxylation is 1. The van der Waals surface area contributed by atoms with Crippen molar-refractivity contribution in [2.75, 3.05) is 6.54 Å². The predicted molar refractivity (Wildman–Crippen MR) is 74.2 cm³/mol. The minimum atomic E-state index is -3.32. The molecule has 2 aromatic rings. The summed E-state index contributed by atoms with van der Waals surface area (Å²) >= 11 is 0. The van der Waals surface area contributed by atoms with Gasteiger partial charge in [-0.1, -0.05) is 29.8 Å². The number of fused-ring (bicyclic) bond motifs is 1. The van der Waals surface area contributed by atoms with E-state index in [1.807, 2.05) is 35.8 Å². The third-order valence-electron chi connectivity index (χ3n) is 3.43. The lowest BCUT2D eigenvalue weighted by molar-refractivity contribution is 0.335. The first-order chi connectivity index (χ1) is 9.54. The Morgan fingerprint density at radius 1 is 1.30 bits per heavy atom. The van der Waals surface area contributed by atoms with Crippen molar-refractivity contribution in [3.05, 3.63) is 47.5 Å². The lowest BCUT2D eigenvalue weighted by Gasteiger charge is -2.26. The molecule has 1 aromatic carbocycles. The first-order valence-corrected chi connectivity index (χ1v) is 8.05. The number of hydrogen-bond acceptors (Lipinski definition) is 4. The molecule has 0 amide bonds. The van der Waals surface area contributed by atoms with Gasteiger partial charge in [0.1, 0.15) is 12.2 Å². The SMILES string of the molecule is Cc1cccc(CS(=O)(=O)N2CCn3cnnc3C2)c1. The molecule has 0 aliphatic carbocycles. The Bertz CT molecular complexity index is 723. The fraction of sp³-hybridized carbons (Fsp3) is 0.385. The van der Waals surface area contributed by atoms with Crippen LogP contribution in [0.1, 0.15) is 17.0 Å². The van der Waals surface area contributed by atoms with E-state index in [4.69, 9.17) is 0 Å². The molecule has 0 bridgehead atoms. The van der Waals surface area contributed by atoms with Crippen molar-refractivity contribution in [1.82, 2.24) is 19.1 Å². The molecule has 2 heterocycles. The minimum Gasteiger partial charge on any atom is -0.315 e. The van der Waals surface area contributed by atoms with E-state index in [2.05, 4.69) is 10.2 Å². The molecular formula is C13H16N4O2S. The van der Waals surface area contributed by atoms with Gasteiger partial charge in [0.25, 0.3) is 0 Å². The average molecular weight is 292 g/mol. The average Bonchev–Trinajstić information content (AvgIpc) is 2.85. The van der Waals surface area contributed by atoms with Crippen LogP contribution in [0.15, 0.2) is 30.6 Å². The van der Waals surface area contributed by atoms with Crippen LogP contribution in [-0.4, -0.2) is 34.0 Å². The number of sulfonamides is 1. The maximum Gasteiger partial charge on any atom is 0.218 e. The monoisotopic (exact) mass is 292 g/mol. The highest BCUT2D eigenvalue weighted by atomic mass is 32.2. The van der Waals surface area contributed by atoms with E-state index in [1.165, 1.54) is 4.31 Å². The second-order valence-corrected chi connectivity index (χ2v) is 6.99. The van der Waals surface area contributed by atoms with Crippen molar-refractivity contribution in [2.45, 2.75) is 25.8 Å². The molecule has 7 heteroatoms. The summed E-state index contributed by atoms with van der Waals surface area (Å²) in [5.41, 5.74) is 1.88. The standard InChI is InChI=1S/C13H16N4O2S/c1-11-3-2-4-12(7-11)9-20(18,19)17-6-5-16-10-14-15-13(16)8-17/h2-4,7,10H,5-6,8-9H2,1H3. The minimum absolute atomic E-state index is 0.0306. The van der Waals surface area contributed by atoms with Crippen LogP contribution in [0.4, 0.5) is 0 Å². The van der Waals surface area contributed by atoms with Gasteiger partial charge < -0.3 is 4.57 Å². The lowest BCUT2D eigenvalue weighted by Crippen LogP contribution is -2.38. The molecule has 0 saturated heterocycles. The topological polar surface area (TPSA) is 68.1 Å². The van der Waals surface area contributed by atoms with Gasteiger partial charge in [0.2, 0.25) is 10.0 Å². The van der Waals surface area contributed by atoms with Crippen LogP contribution < -0.4 is 0 Å². The summed E-state index contributed by atoms with van der Waals surface area (Å²) in [4.78, 5) is 0. The predicted octanol–water partition coefficient (Wildman–Crippen LogP) is 0.932. The second kappa shape index (κ2) is 4.99. The number of benzene rings is 1. The zero-order valence-corrected chi connectivity index (χ0v) is 12.0. The fourth-order valence-electron chi connectivity index (χ4n) is 2.39. The highest BCUT2D eigenvalue weighted by Gasteiger charge is 2.27. The van der Waals surface area contributed by atoms with Gasteiger partial charge >= 0.3 is 0 Å². The molecule has 0 saturated carbocycles. The highest BCUT2D eigenvalue weighted by molar-refractivity contribution is 7.88. The molecule has 0 unspecified atom stereocenters. The second-order valence-electron chi connectivity index (χ2n) is 5.02. The molecule has 0 N–H and O–H groups in total. The third kappa shape index (κ3) is 2.59. The smallest absolute Gasteiger partial charge is 0.218 e. The Hall–Kier alpha value is -1.73. The molecule has 6 nitrogen and oxygen atoms in total. The Labute approximate surface area is 118 Å². The molecule has 1 aromatic heterocycles. The van der Waals surface area contributed by atoms with Gasteiger partial charge in [-0.15, -0.1) is 10.2 Å². The highest BCUT2D eigenvalue weighted by Crippen LogP contribution is 2.17. The van der Waals surface area contributed by atoms with E-state index in [1.54, 1.807) is 6.33 Å². The normalized spacial score (nSPS) is 16.1. The summed E-state index contributed by atoms with van der Waals surface area (Å²) in [6.07, 6.45) is 1.64. The van der Waals surface area contributed by atoms with Crippen LogP contribution in [0.3, 0.4) is 0 Å². The third-order valence-corrected chi connectivity index (χ3v) is 5.23. The maximum absolute atomic E-state index is 12.5. The van der Waals surface area contributed by atoms with Crippen LogP contribution in [0, 0.1) is 6.92 Å². The molecule has 0 fully saturated rings. The summed E-state index contributed by atoms with van der Waals surface area (Å²) in [7, 11) is -3.32. The van der Waals surface area contributed by atoms with Gasteiger partial charge in [-0.25, -0.2) is 8.42 Å². The zero-order chi connectivity index (χ0) is 14.2. The molecule has 0 atom stereocenters. The molecule has 20 heavy (non-hydrogen) atoms. The first kappa shape index (κ1) is 13.3. The molecule has 1 aliphatic rings. The number of hydrogen-bond donors (Lipinski definition) is 0. The Morgan fingerprint density at radius 2 is 2.15 bits per heavy atom. The number of nitrogens with zero attached hydrogens (tertiary/aromatic N) is 4. The molecule has 106 valence electrons. The van der Waals surface area contributed by atoms with Crippen LogP contribution in [0.2, 0.25) is 0 Å². The summed E-state index contributed by atoms with van der Waals surface area (Å²) in [6, 6.07) is 7.59. The van der Waals surface area contributed by atoms with E-state index < -0.39 is 10.0 Å². The van der Waals surface area contributed by atoms with Crippen LogP contribution >= 0.6 is 0 Å². The summed E-state index contributed by atoms with van der Waals surface area (Å²) in [6.45, 7) is 3.34. The van der Waals surface area contributed by atoms with Crippen molar-refractivity contribution >= 4 is 10.0 Å². The molecule has 0 radical (unpaired) electrons. The van der Waals surface area contributed by atoms with Gasteiger partial charge in [-0.3, -0.25) is 0 Å². The Morgan fingerprint density at radius 3 is 2.95 bits per heavy atom. The van der Waals surface area contributed by atoms with Crippen molar-refractivity contribution in [3.8, 4) is 0 Å². The molecule has 3 rings (SSSR count). The Balaban J connectivity index is 1.79. The number of rotatable bonds is 3. The molecule has 0 spiro atoms. The lowest BCUT2D eigenvalue weighted by atomic mass is 10.2. The van der Waals surface area contributed by atoms with Crippen molar-refractivity contribution < 1.29 is 8.42 Å². The van der Waals surface area contributed by atoms with Gasteiger partial charge in [0, 0.05) is 13.1 Å². The largest absolute Gasteiger partial charge is 0.315 e. The quantitative estimate of drug-likeness (QED) is 0.844. The van der Waals surface area contributed by atoms with Gasteiger partial charge in [0.15, 0.2) is 0 Å². The maximum atomic E-state index is 12.5. The van der Waals surface area contributed by atoms with Crippen molar-refractivity contribution in [2.24, 2.45) is 0 Å². The van der Waals surface area contributed by atoms with Crippen LogP contribution in [-0.2, 0) is 28.9 Å². The fourth-order valence-corrected chi connectivity index (χ4v) is 3.84. The van der Waals surface area contributed by atoms with Crippen molar-refractivity contribution in [1.29, 1.82) is 0 Å². The van der Waals surface area contributed by atoms with E-state index >= 15 is 0 Å².